The van der Waals surface area contributed by atoms with Gasteiger partial charge in [-0.3, -0.25) is 0 Å². The minimum Gasteiger partial charge on any atom is -0.434 e. The summed E-state index contributed by atoms with van der Waals surface area (Å²) in [6.07, 6.45) is 12.5. The fourth-order valence-electron chi connectivity index (χ4n) is 4.29. The average molecular weight is 388 g/mol. The maximum absolute atomic E-state index is 14.8. The van der Waals surface area contributed by atoms with Crippen LogP contribution in [0, 0.1) is 11.7 Å². The maximum atomic E-state index is 14.8. The van der Waals surface area contributed by atoms with Gasteiger partial charge in [-0.15, -0.1) is 0 Å². The van der Waals surface area contributed by atoms with E-state index < -0.39 is 12.4 Å². The molecule has 0 unspecified atom stereocenters. The van der Waals surface area contributed by atoms with Crippen LogP contribution in [0.15, 0.2) is 43.0 Å². The van der Waals surface area contributed by atoms with Crippen LogP contribution in [0.25, 0.3) is 16.8 Å². The number of halogens is 3. The number of benzene rings is 2. The summed E-state index contributed by atoms with van der Waals surface area (Å²) >= 11 is 0. The van der Waals surface area contributed by atoms with Gasteiger partial charge >= 0.3 is 6.61 Å². The second-order valence-electron chi connectivity index (χ2n) is 7.53. The SMILES string of the molecule is C=Cc1c(OC(F)F)cc2cc(C3CCC(CC/C=C/C)CC3)ccc2c1F. The zero-order valence-corrected chi connectivity index (χ0v) is 16.3. The van der Waals surface area contributed by atoms with Gasteiger partial charge in [-0.2, -0.15) is 8.78 Å². The van der Waals surface area contributed by atoms with Gasteiger partial charge in [0.15, 0.2) is 0 Å². The first kappa shape index (κ1) is 20.5. The fraction of sp³-hybridized carbons (Fsp3) is 0.417. The molecule has 1 fully saturated rings. The van der Waals surface area contributed by atoms with Crippen molar-refractivity contribution in [3.8, 4) is 5.75 Å². The highest BCUT2D eigenvalue weighted by Crippen LogP contribution is 2.39. The van der Waals surface area contributed by atoms with Gasteiger partial charge in [0.1, 0.15) is 11.6 Å². The molecule has 1 nitrogen and oxygen atoms in total. The Morgan fingerprint density at radius 1 is 1.18 bits per heavy atom. The van der Waals surface area contributed by atoms with Gasteiger partial charge in [-0.05, 0) is 74.3 Å². The van der Waals surface area contributed by atoms with Gasteiger partial charge in [-0.1, -0.05) is 43.0 Å². The van der Waals surface area contributed by atoms with Crippen molar-refractivity contribution < 1.29 is 17.9 Å². The first-order chi connectivity index (χ1) is 13.5. The quantitative estimate of drug-likeness (QED) is 0.439. The van der Waals surface area contributed by atoms with Crippen LogP contribution < -0.4 is 4.74 Å². The number of fused-ring (bicyclic) bond motifs is 1. The van der Waals surface area contributed by atoms with Crippen LogP contribution in [-0.4, -0.2) is 6.61 Å². The Morgan fingerprint density at radius 2 is 1.93 bits per heavy atom. The molecule has 0 heterocycles. The lowest BCUT2D eigenvalue weighted by Gasteiger charge is -2.29. The van der Waals surface area contributed by atoms with Crippen molar-refractivity contribution in [2.45, 2.75) is 58.0 Å². The van der Waals surface area contributed by atoms with Crippen LogP contribution in [0.2, 0.25) is 0 Å². The Morgan fingerprint density at radius 3 is 2.57 bits per heavy atom. The highest BCUT2D eigenvalue weighted by molar-refractivity contribution is 5.88. The van der Waals surface area contributed by atoms with Crippen molar-refractivity contribution in [2.24, 2.45) is 5.92 Å². The van der Waals surface area contributed by atoms with Crippen LogP contribution in [0.4, 0.5) is 13.2 Å². The molecule has 2 aromatic rings. The number of rotatable bonds is 7. The van der Waals surface area contributed by atoms with Crippen molar-refractivity contribution in [3.05, 3.63) is 59.9 Å². The second-order valence-corrected chi connectivity index (χ2v) is 7.53. The van der Waals surface area contributed by atoms with Gasteiger partial charge in [0.2, 0.25) is 0 Å². The average Bonchev–Trinajstić information content (AvgIpc) is 2.68. The Balaban J connectivity index is 1.81. The molecule has 0 aliphatic heterocycles. The van der Waals surface area contributed by atoms with Crippen LogP contribution in [0.3, 0.4) is 0 Å². The van der Waals surface area contributed by atoms with Crippen LogP contribution >= 0.6 is 0 Å². The summed E-state index contributed by atoms with van der Waals surface area (Å²) in [6, 6.07) is 7.14. The molecule has 0 bridgehead atoms. The normalized spacial score (nSPS) is 20.2. The number of hydrogen-bond donors (Lipinski definition) is 0. The summed E-state index contributed by atoms with van der Waals surface area (Å²) < 4.78 is 44.7. The summed E-state index contributed by atoms with van der Waals surface area (Å²) in [4.78, 5) is 0. The van der Waals surface area contributed by atoms with Crippen molar-refractivity contribution in [2.75, 3.05) is 0 Å². The lowest BCUT2D eigenvalue weighted by Crippen LogP contribution is -2.13. The smallest absolute Gasteiger partial charge is 0.387 e. The third-order valence-corrected chi connectivity index (χ3v) is 5.82. The third kappa shape index (κ3) is 4.60. The molecule has 0 amide bonds. The molecular weight excluding hydrogens is 361 g/mol. The summed E-state index contributed by atoms with van der Waals surface area (Å²) in [5.74, 6) is 0.470. The number of hydrogen-bond acceptors (Lipinski definition) is 1. The van der Waals surface area contributed by atoms with Gasteiger partial charge < -0.3 is 4.74 Å². The Kier molecular flexibility index (Phi) is 6.82. The minimum atomic E-state index is -3.00. The molecule has 1 aliphatic carbocycles. The van der Waals surface area contributed by atoms with Gasteiger partial charge in [0.25, 0.3) is 0 Å². The van der Waals surface area contributed by atoms with Crippen molar-refractivity contribution in [1.82, 2.24) is 0 Å². The summed E-state index contributed by atoms with van der Waals surface area (Å²) in [5.41, 5.74) is 1.12. The molecule has 0 aromatic heterocycles. The third-order valence-electron chi connectivity index (χ3n) is 5.82. The molecule has 1 saturated carbocycles. The summed E-state index contributed by atoms with van der Waals surface area (Å²) in [7, 11) is 0. The first-order valence-electron chi connectivity index (χ1n) is 9.98. The van der Waals surface area contributed by atoms with E-state index in [4.69, 9.17) is 0 Å². The Labute approximate surface area is 164 Å². The van der Waals surface area contributed by atoms with Crippen molar-refractivity contribution in [1.29, 1.82) is 0 Å². The van der Waals surface area contributed by atoms with E-state index in [1.165, 1.54) is 31.4 Å². The van der Waals surface area contributed by atoms with E-state index in [0.29, 0.717) is 16.7 Å². The molecular formula is C24H27F3O. The molecule has 150 valence electrons. The highest BCUT2D eigenvalue weighted by atomic mass is 19.3. The summed E-state index contributed by atoms with van der Waals surface area (Å²) in [6.45, 7) is 2.57. The zero-order valence-electron chi connectivity index (χ0n) is 16.3. The molecule has 0 N–H and O–H groups in total. The molecule has 0 saturated heterocycles. The van der Waals surface area contributed by atoms with E-state index in [2.05, 4.69) is 30.4 Å². The van der Waals surface area contributed by atoms with Gasteiger partial charge in [0, 0.05) is 5.39 Å². The topological polar surface area (TPSA) is 9.23 Å². The van der Waals surface area contributed by atoms with E-state index in [0.717, 1.165) is 30.7 Å². The summed E-state index contributed by atoms with van der Waals surface area (Å²) in [5, 5.41) is 0.992. The van der Waals surface area contributed by atoms with E-state index in [1.54, 1.807) is 6.07 Å². The predicted molar refractivity (Wildman–Crippen MR) is 109 cm³/mol. The molecule has 4 heteroatoms. The molecule has 0 atom stereocenters. The van der Waals surface area contributed by atoms with Crippen molar-refractivity contribution >= 4 is 16.8 Å². The second kappa shape index (κ2) is 9.31. The van der Waals surface area contributed by atoms with E-state index in [1.807, 2.05) is 12.1 Å². The maximum Gasteiger partial charge on any atom is 0.387 e. The fourth-order valence-corrected chi connectivity index (χ4v) is 4.29. The molecule has 1 aliphatic rings. The van der Waals surface area contributed by atoms with Gasteiger partial charge in [-0.25, -0.2) is 4.39 Å². The largest absolute Gasteiger partial charge is 0.434 e. The van der Waals surface area contributed by atoms with E-state index in [9.17, 15) is 13.2 Å². The lowest BCUT2D eigenvalue weighted by atomic mass is 9.77. The van der Waals surface area contributed by atoms with Crippen molar-refractivity contribution in [3.63, 3.8) is 0 Å². The molecule has 3 rings (SSSR count). The van der Waals surface area contributed by atoms with Crippen LogP contribution in [0.1, 0.15) is 62.5 Å². The zero-order chi connectivity index (χ0) is 20.1. The number of alkyl halides is 2. The Hall–Kier alpha value is -2.23. The molecule has 0 radical (unpaired) electrons. The standard InChI is InChI=1S/C24H27F3O/c1-3-5-6-7-16-8-10-17(11-9-16)18-12-13-21-19(14-18)15-22(28-24(26)27)20(4-2)23(21)25/h3-5,12-17,24H,2,6-11H2,1H3/b5-3+. The van der Waals surface area contributed by atoms with E-state index in [-0.39, 0.29) is 11.3 Å². The molecule has 2 aromatic carbocycles. The highest BCUT2D eigenvalue weighted by Gasteiger charge is 2.23. The van der Waals surface area contributed by atoms with E-state index >= 15 is 0 Å². The van der Waals surface area contributed by atoms with Crippen LogP contribution in [-0.2, 0) is 0 Å². The predicted octanol–water partition coefficient (Wildman–Crippen LogP) is 7.85. The van der Waals surface area contributed by atoms with Crippen LogP contribution in [0.5, 0.6) is 5.75 Å². The first-order valence-corrected chi connectivity index (χ1v) is 9.98. The Bertz CT molecular complexity index is 849. The number of allylic oxidation sites excluding steroid dienone is 2. The minimum absolute atomic E-state index is 0.0258. The monoisotopic (exact) mass is 388 g/mol. The lowest BCUT2D eigenvalue weighted by molar-refractivity contribution is -0.0500. The molecule has 0 spiro atoms. The molecule has 28 heavy (non-hydrogen) atoms. The number of ether oxygens (including phenoxy) is 1. The van der Waals surface area contributed by atoms with Gasteiger partial charge in [0.05, 0.1) is 5.56 Å².